The van der Waals surface area contributed by atoms with Gasteiger partial charge < -0.3 is 20.4 Å². The Morgan fingerprint density at radius 3 is 2.58 bits per heavy atom. The minimum atomic E-state index is -0.686. The first-order valence-electron chi connectivity index (χ1n) is 11.3. The fourth-order valence-corrected chi connectivity index (χ4v) is 3.99. The van der Waals surface area contributed by atoms with Crippen LogP contribution < -0.4 is 11.1 Å². The Hall–Kier alpha value is -4.79. The predicted molar refractivity (Wildman–Crippen MR) is 132 cm³/mol. The number of nitrogens with two attached hydrogens (primary N) is 1. The lowest BCUT2D eigenvalue weighted by atomic mass is 9.92. The number of fused-ring (bicyclic) bond motifs is 1. The van der Waals surface area contributed by atoms with Gasteiger partial charge in [0.2, 0.25) is 0 Å². The molecule has 0 aliphatic heterocycles. The van der Waals surface area contributed by atoms with Gasteiger partial charge in [0.15, 0.2) is 5.76 Å². The van der Waals surface area contributed by atoms with Crippen molar-refractivity contribution in [1.82, 2.24) is 5.16 Å². The van der Waals surface area contributed by atoms with Gasteiger partial charge in [0.1, 0.15) is 5.82 Å². The number of nitrogens with zero attached hydrogens (tertiary/aromatic N) is 2. The number of nitrogens with one attached hydrogen (secondary N) is 1. The van der Waals surface area contributed by atoms with Gasteiger partial charge in [-0.1, -0.05) is 22.4 Å². The van der Waals surface area contributed by atoms with E-state index in [9.17, 15) is 14.0 Å². The summed E-state index contributed by atoms with van der Waals surface area (Å²) in [4.78, 5) is 30.5. The Balaban J connectivity index is 1.33. The van der Waals surface area contributed by atoms with Gasteiger partial charge in [-0.3, -0.25) is 4.79 Å². The van der Waals surface area contributed by atoms with E-state index in [4.69, 9.17) is 15.1 Å². The maximum absolute atomic E-state index is 13.4. The Kier molecular flexibility index (Phi) is 6.27. The zero-order valence-corrected chi connectivity index (χ0v) is 19.0. The lowest BCUT2D eigenvalue weighted by Gasteiger charge is -2.12. The number of amides is 1. The molecule has 9 heteroatoms. The number of anilines is 2. The second kappa shape index (κ2) is 9.83. The molecule has 180 valence electrons. The molecule has 5 rings (SSSR count). The predicted octanol–water partition coefficient (Wildman–Crippen LogP) is 5.21. The molecule has 0 saturated heterocycles. The molecule has 0 saturated carbocycles. The van der Waals surface area contributed by atoms with Crippen molar-refractivity contribution in [3.05, 3.63) is 101 Å². The molecule has 0 bridgehead atoms. The van der Waals surface area contributed by atoms with Gasteiger partial charge in [-0.15, -0.1) is 0 Å². The van der Waals surface area contributed by atoms with E-state index < -0.39 is 5.97 Å². The van der Waals surface area contributed by atoms with Gasteiger partial charge in [-0.25, -0.2) is 9.18 Å². The Bertz CT molecular complexity index is 1480. The first-order chi connectivity index (χ1) is 17.5. The first kappa shape index (κ1) is 23.0. The van der Waals surface area contributed by atoms with Gasteiger partial charge in [-0.2, -0.15) is 0 Å². The third kappa shape index (κ3) is 4.85. The van der Waals surface area contributed by atoms with Gasteiger partial charge in [0, 0.05) is 22.5 Å². The number of halogens is 1. The minimum absolute atomic E-state index is 0.213. The maximum atomic E-state index is 13.4. The quantitative estimate of drug-likeness (QED) is 0.228. The smallest absolute Gasteiger partial charge is 0.365 e. The van der Waals surface area contributed by atoms with Gasteiger partial charge >= 0.3 is 5.97 Å². The summed E-state index contributed by atoms with van der Waals surface area (Å²) in [5.41, 5.74) is 9.78. The van der Waals surface area contributed by atoms with Crippen LogP contribution in [0.4, 0.5) is 15.8 Å². The summed E-state index contributed by atoms with van der Waals surface area (Å²) in [6, 6.07) is 18.8. The van der Waals surface area contributed by atoms with Crippen molar-refractivity contribution in [2.45, 2.75) is 19.3 Å². The molecule has 1 aliphatic rings. The molecule has 1 aromatic heterocycles. The number of aromatic nitrogens is 1. The van der Waals surface area contributed by atoms with E-state index in [1.165, 1.54) is 18.2 Å². The standard InChI is InChI=1S/C27H21FN4O4/c28-19-12-10-16(11-13-19)25-24-22(31-35-25)8-3-9-23(24)32-36-27(34)18-5-2-7-21(15-18)30-26(33)17-4-1-6-20(29)14-17/h1-2,4-7,10-15H,3,8-9,29H2,(H,30,33)/b32-23+. The second-order valence-corrected chi connectivity index (χ2v) is 8.27. The van der Waals surface area contributed by atoms with Crippen molar-refractivity contribution >= 4 is 29.0 Å². The molecule has 0 fully saturated rings. The average Bonchev–Trinajstić information content (AvgIpc) is 3.33. The van der Waals surface area contributed by atoms with Crippen LogP contribution in [0.5, 0.6) is 0 Å². The van der Waals surface area contributed by atoms with E-state index in [-0.39, 0.29) is 17.3 Å². The van der Waals surface area contributed by atoms with E-state index in [0.717, 1.165) is 6.42 Å². The van der Waals surface area contributed by atoms with Gasteiger partial charge in [0.05, 0.1) is 22.5 Å². The molecule has 1 amide bonds. The third-order valence-corrected chi connectivity index (χ3v) is 5.73. The lowest BCUT2D eigenvalue weighted by Crippen LogP contribution is -2.14. The molecular formula is C27H21FN4O4. The molecule has 3 N–H and O–H groups in total. The fourth-order valence-electron chi connectivity index (χ4n) is 3.99. The van der Waals surface area contributed by atoms with Crippen LogP contribution >= 0.6 is 0 Å². The van der Waals surface area contributed by atoms with E-state index in [0.29, 0.717) is 58.1 Å². The van der Waals surface area contributed by atoms with Crippen molar-refractivity contribution in [2.24, 2.45) is 5.16 Å². The van der Waals surface area contributed by atoms with Crippen LogP contribution in [0.1, 0.15) is 44.8 Å². The number of nitrogen functional groups attached to an aromatic ring is 1. The molecule has 36 heavy (non-hydrogen) atoms. The third-order valence-electron chi connectivity index (χ3n) is 5.73. The molecule has 0 unspecified atom stereocenters. The number of rotatable bonds is 5. The zero-order valence-electron chi connectivity index (χ0n) is 19.0. The van der Waals surface area contributed by atoms with Crippen LogP contribution in [0.3, 0.4) is 0 Å². The highest BCUT2D eigenvalue weighted by molar-refractivity contribution is 6.07. The summed E-state index contributed by atoms with van der Waals surface area (Å²) in [6.45, 7) is 0. The van der Waals surface area contributed by atoms with Crippen LogP contribution in [0.25, 0.3) is 11.3 Å². The summed E-state index contributed by atoms with van der Waals surface area (Å²) >= 11 is 0. The molecule has 0 radical (unpaired) electrons. The van der Waals surface area contributed by atoms with E-state index >= 15 is 0 Å². The van der Waals surface area contributed by atoms with Crippen molar-refractivity contribution in [3.63, 3.8) is 0 Å². The molecular weight excluding hydrogens is 463 g/mol. The molecule has 1 aliphatic carbocycles. The van der Waals surface area contributed by atoms with Crippen LogP contribution in [-0.4, -0.2) is 22.7 Å². The van der Waals surface area contributed by atoms with Crippen molar-refractivity contribution in [1.29, 1.82) is 0 Å². The highest BCUT2D eigenvalue weighted by Crippen LogP contribution is 2.32. The van der Waals surface area contributed by atoms with E-state index in [2.05, 4.69) is 15.6 Å². The number of hydrogen-bond acceptors (Lipinski definition) is 7. The first-order valence-corrected chi connectivity index (χ1v) is 11.3. The number of benzene rings is 3. The summed E-state index contributed by atoms with van der Waals surface area (Å²) < 4.78 is 18.9. The van der Waals surface area contributed by atoms with Crippen LogP contribution in [0.15, 0.2) is 82.5 Å². The van der Waals surface area contributed by atoms with E-state index in [1.807, 2.05) is 0 Å². The second-order valence-electron chi connectivity index (χ2n) is 8.27. The number of hydrogen-bond donors (Lipinski definition) is 2. The van der Waals surface area contributed by atoms with Crippen molar-refractivity contribution in [2.75, 3.05) is 11.1 Å². The number of carbonyl (C=O) groups is 2. The number of aryl methyl sites for hydroxylation is 1. The van der Waals surface area contributed by atoms with E-state index in [1.54, 1.807) is 54.6 Å². The SMILES string of the molecule is Nc1cccc(C(=O)Nc2cccc(C(=O)O/N=C3\CCCc4noc(-c5ccc(F)cc5)c43)c2)c1. The summed E-state index contributed by atoms with van der Waals surface area (Å²) in [6.07, 6.45) is 2.03. The van der Waals surface area contributed by atoms with Crippen molar-refractivity contribution < 1.29 is 23.3 Å². The lowest BCUT2D eigenvalue weighted by molar-refractivity contribution is 0.0515. The Labute approximate surface area is 205 Å². The molecule has 4 aromatic rings. The maximum Gasteiger partial charge on any atom is 0.365 e. The number of carbonyl (C=O) groups excluding carboxylic acids is 2. The molecule has 8 nitrogen and oxygen atoms in total. The monoisotopic (exact) mass is 484 g/mol. The molecule has 0 atom stereocenters. The van der Waals surface area contributed by atoms with Crippen LogP contribution in [0.2, 0.25) is 0 Å². The Morgan fingerprint density at radius 2 is 1.78 bits per heavy atom. The van der Waals surface area contributed by atoms with Gasteiger partial charge in [0.25, 0.3) is 5.91 Å². The van der Waals surface area contributed by atoms with Gasteiger partial charge in [-0.05, 0) is 79.9 Å². The zero-order chi connectivity index (χ0) is 25.1. The highest BCUT2D eigenvalue weighted by Gasteiger charge is 2.27. The summed E-state index contributed by atoms with van der Waals surface area (Å²) in [5, 5.41) is 11.0. The summed E-state index contributed by atoms with van der Waals surface area (Å²) in [5.74, 6) is -0.954. The molecule has 3 aromatic carbocycles. The number of oxime groups is 1. The molecule has 1 heterocycles. The topological polar surface area (TPSA) is 120 Å². The Morgan fingerprint density at radius 1 is 1.00 bits per heavy atom. The van der Waals surface area contributed by atoms with Crippen molar-refractivity contribution in [3.8, 4) is 11.3 Å². The fraction of sp³-hybridized carbons (Fsp3) is 0.111. The summed E-state index contributed by atoms with van der Waals surface area (Å²) in [7, 11) is 0. The minimum Gasteiger partial charge on any atom is -0.399 e. The largest absolute Gasteiger partial charge is 0.399 e. The van der Waals surface area contributed by atoms with Crippen LogP contribution in [-0.2, 0) is 11.3 Å². The normalized spacial score (nSPS) is 13.8. The van der Waals surface area contributed by atoms with Crippen LogP contribution in [0, 0.1) is 5.82 Å². The molecule has 0 spiro atoms. The average molecular weight is 484 g/mol. The highest BCUT2D eigenvalue weighted by atomic mass is 19.1.